The summed E-state index contributed by atoms with van der Waals surface area (Å²) < 4.78 is 12.4. The van der Waals surface area contributed by atoms with Crippen molar-refractivity contribution in [2.75, 3.05) is 7.05 Å². The van der Waals surface area contributed by atoms with Crippen molar-refractivity contribution >= 4 is 22.4 Å². The van der Waals surface area contributed by atoms with Gasteiger partial charge in [0.1, 0.15) is 0 Å². The second-order valence-electron chi connectivity index (χ2n) is 4.12. The molecule has 1 aromatic rings. The minimum atomic E-state index is -0.918. The molecule has 0 aliphatic heterocycles. The summed E-state index contributed by atoms with van der Waals surface area (Å²) in [6.45, 7) is 0. The summed E-state index contributed by atoms with van der Waals surface area (Å²) in [6.07, 6.45) is 3.33. The summed E-state index contributed by atoms with van der Waals surface area (Å²) in [7, 11) is 1.03. The van der Waals surface area contributed by atoms with Crippen LogP contribution in [0.15, 0.2) is 29.2 Å². The van der Waals surface area contributed by atoms with E-state index in [2.05, 4.69) is 5.32 Å². The molecule has 3 unspecified atom stereocenters. The van der Waals surface area contributed by atoms with Crippen molar-refractivity contribution < 1.29 is 4.21 Å². The summed E-state index contributed by atoms with van der Waals surface area (Å²) in [4.78, 5) is 0.886. The molecule has 88 valence electrons. The van der Waals surface area contributed by atoms with Gasteiger partial charge in [-0.2, -0.15) is 0 Å². The van der Waals surface area contributed by atoms with Crippen LogP contribution in [0.25, 0.3) is 0 Å². The largest absolute Gasteiger partial charge is 0.316 e. The van der Waals surface area contributed by atoms with Crippen LogP contribution < -0.4 is 5.32 Å². The molecular weight excluding hydrogens is 242 g/mol. The van der Waals surface area contributed by atoms with Crippen molar-refractivity contribution in [3.8, 4) is 0 Å². The monoisotopic (exact) mass is 257 g/mol. The van der Waals surface area contributed by atoms with Crippen molar-refractivity contribution in [3.05, 3.63) is 29.3 Å². The maximum Gasteiger partial charge on any atom is 0.0576 e. The minimum Gasteiger partial charge on any atom is -0.316 e. The van der Waals surface area contributed by atoms with Gasteiger partial charge < -0.3 is 5.32 Å². The quantitative estimate of drug-likeness (QED) is 0.902. The summed E-state index contributed by atoms with van der Waals surface area (Å²) >= 11 is 5.82. The fraction of sp³-hybridized carbons (Fsp3) is 0.500. The van der Waals surface area contributed by atoms with Crippen LogP contribution >= 0.6 is 11.6 Å². The number of rotatable bonds is 3. The van der Waals surface area contributed by atoms with E-state index in [0.29, 0.717) is 11.1 Å². The highest BCUT2D eigenvalue weighted by atomic mass is 35.5. The zero-order valence-electron chi connectivity index (χ0n) is 9.28. The molecule has 16 heavy (non-hydrogen) atoms. The molecule has 2 rings (SSSR count). The van der Waals surface area contributed by atoms with E-state index >= 15 is 0 Å². The summed E-state index contributed by atoms with van der Waals surface area (Å²) in [5.41, 5.74) is 0. The minimum absolute atomic E-state index is 0.242. The van der Waals surface area contributed by atoms with E-state index in [0.717, 1.165) is 24.2 Å². The molecule has 0 saturated heterocycles. The summed E-state index contributed by atoms with van der Waals surface area (Å²) in [6, 6.07) is 7.72. The normalized spacial score (nSPS) is 26.9. The molecule has 1 fully saturated rings. The number of benzene rings is 1. The van der Waals surface area contributed by atoms with Gasteiger partial charge in [-0.25, -0.2) is 0 Å². The maximum atomic E-state index is 12.4. The smallest absolute Gasteiger partial charge is 0.0576 e. The van der Waals surface area contributed by atoms with Gasteiger partial charge in [-0.3, -0.25) is 4.21 Å². The second-order valence-corrected chi connectivity index (χ2v) is 6.22. The Balaban J connectivity index is 2.15. The Kier molecular flexibility index (Phi) is 4.00. The zero-order valence-corrected chi connectivity index (χ0v) is 10.9. The molecule has 2 nitrogen and oxygen atoms in total. The molecule has 0 amide bonds. The second kappa shape index (κ2) is 5.30. The lowest BCUT2D eigenvalue weighted by molar-refractivity contribution is 0.576. The van der Waals surface area contributed by atoms with Crippen molar-refractivity contribution in [2.24, 2.45) is 0 Å². The molecule has 0 spiro atoms. The van der Waals surface area contributed by atoms with Gasteiger partial charge in [0.05, 0.1) is 16.0 Å². The Bertz CT molecular complexity index is 379. The third-order valence-electron chi connectivity index (χ3n) is 3.14. The molecule has 1 aliphatic rings. The third kappa shape index (κ3) is 2.47. The molecular formula is C12H16ClNOS. The molecule has 1 aromatic carbocycles. The Morgan fingerprint density at radius 2 is 2.00 bits per heavy atom. The first kappa shape index (κ1) is 12.1. The zero-order chi connectivity index (χ0) is 11.5. The molecule has 0 bridgehead atoms. The molecule has 3 atom stereocenters. The van der Waals surface area contributed by atoms with Crippen molar-refractivity contribution in [1.29, 1.82) is 0 Å². The highest BCUT2D eigenvalue weighted by molar-refractivity contribution is 7.85. The molecule has 0 aromatic heterocycles. The molecule has 4 heteroatoms. The Morgan fingerprint density at radius 1 is 1.31 bits per heavy atom. The Morgan fingerprint density at radius 3 is 2.62 bits per heavy atom. The van der Waals surface area contributed by atoms with Crippen LogP contribution in [0.1, 0.15) is 19.3 Å². The van der Waals surface area contributed by atoms with Gasteiger partial charge in [0, 0.05) is 16.0 Å². The standard InChI is InChI=1S/C12H16ClNOS/c1-14-11-3-2-4-12(11)16(15)10-7-5-9(13)6-8-10/h5-8,11-12,14H,2-4H2,1H3. The van der Waals surface area contributed by atoms with E-state index in [1.165, 1.54) is 0 Å². The van der Waals surface area contributed by atoms with Gasteiger partial charge in [-0.05, 0) is 44.2 Å². The molecule has 0 heterocycles. The van der Waals surface area contributed by atoms with E-state index in [4.69, 9.17) is 11.6 Å². The number of nitrogens with one attached hydrogen (secondary N) is 1. The van der Waals surface area contributed by atoms with E-state index in [9.17, 15) is 4.21 Å². The van der Waals surface area contributed by atoms with E-state index < -0.39 is 10.8 Å². The first-order valence-corrected chi connectivity index (χ1v) is 7.15. The lowest BCUT2D eigenvalue weighted by Crippen LogP contribution is -2.35. The van der Waals surface area contributed by atoms with Gasteiger partial charge in [-0.1, -0.05) is 18.0 Å². The van der Waals surface area contributed by atoms with Crippen LogP contribution in [0.4, 0.5) is 0 Å². The van der Waals surface area contributed by atoms with Crippen LogP contribution in [0.2, 0.25) is 5.02 Å². The van der Waals surface area contributed by atoms with Crippen LogP contribution in [0.5, 0.6) is 0 Å². The third-order valence-corrected chi connectivity index (χ3v) is 5.25. The summed E-state index contributed by atoms with van der Waals surface area (Å²) in [5.74, 6) is 0. The number of hydrogen-bond donors (Lipinski definition) is 1. The van der Waals surface area contributed by atoms with Crippen LogP contribution in [-0.4, -0.2) is 22.5 Å². The highest BCUT2D eigenvalue weighted by Gasteiger charge is 2.31. The fourth-order valence-electron chi connectivity index (χ4n) is 2.26. The molecule has 1 saturated carbocycles. The topological polar surface area (TPSA) is 29.1 Å². The van der Waals surface area contributed by atoms with Crippen LogP contribution in [0, 0.1) is 0 Å². The van der Waals surface area contributed by atoms with Gasteiger partial charge in [0.25, 0.3) is 0 Å². The van der Waals surface area contributed by atoms with Gasteiger partial charge in [0.15, 0.2) is 0 Å². The highest BCUT2D eigenvalue weighted by Crippen LogP contribution is 2.27. The molecule has 1 N–H and O–H groups in total. The van der Waals surface area contributed by atoms with E-state index in [1.54, 1.807) is 12.1 Å². The predicted octanol–water partition coefficient (Wildman–Crippen LogP) is 2.59. The predicted molar refractivity (Wildman–Crippen MR) is 68.3 cm³/mol. The van der Waals surface area contributed by atoms with Gasteiger partial charge in [-0.15, -0.1) is 0 Å². The van der Waals surface area contributed by atoms with Crippen molar-refractivity contribution in [1.82, 2.24) is 5.32 Å². The molecule has 1 aliphatic carbocycles. The lowest BCUT2D eigenvalue weighted by atomic mass is 10.2. The lowest BCUT2D eigenvalue weighted by Gasteiger charge is -2.18. The Labute approximate surface area is 104 Å². The van der Waals surface area contributed by atoms with Crippen molar-refractivity contribution in [2.45, 2.75) is 35.4 Å². The maximum absolute atomic E-state index is 12.4. The van der Waals surface area contributed by atoms with E-state index in [-0.39, 0.29) is 5.25 Å². The van der Waals surface area contributed by atoms with Crippen LogP contribution in [0.3, 0.4) is 0 Å². The fourth-order valence-corrected chi connectivity index (χ4v) is 4.09. The Hall–Kier alpha value is -0.380. The summed E-state index contributed by atoms with van der Waals surface area (Å²) in [5, 5.41) is 4.19. The number of halogens is 1. The average molecular weight is 258 g/mol. The number of hydrogen-bond acceptors (Lipinski definition) is 2. The van der Waals surface area contributed by atoms with Gasteiger partial charge >= 0.3 is 0 Å². The van der Waals surface area contributed by atoms with E-state index in [1.807, 2.05) is 19.2 Å². The first-order chi connectivity index (χ1) is 7.72. The van der Waals surface area contributed by atoms with Crippen LogP contribution in [-0.2, 0) is 10.8 Å². The average Bonchev–Trinajstić information content (AvgIpc) is 2.77. The van der Waals surface area contributed by atoms with Gasteiger partial charge in [0.2, 0.25) is 0 Å². The van der Waals surface area contributed by atoms with Crippen molar-refractivity contribution in [3.63, 3.8) is 0 Å². The SMILES string of the molecule is CNC1CCCC1S(=O)c1ccc(Cl)cc1. The molecule has 0 radical (unpaired) electrons. The first-order valence-electron chi connectivity index (χ1n) is 5.56.